The molecule has 1 aromatic carbocycles. The van der Waals surface area contributed by atoms with Crippen molar-refractivity contribution in [2.24, 2.45) is 0 Å². The molecule has 2 rings (SSSR count). The number of rotatable bonds is 2. The van der Waals surface area contributed by atoms with Gasteiger partial charge in [-0.05, 0) is 5.56 Å². The van der Waals surface area contributed by atoms with E-state index in [-0.39, 0.29) is 12.0 Å². The monoisotopic (exact) mass is 238 g/mol. The van der Waals surface area contributed by atoms with Crippen LogP contribution in [0.3, 0.4) is 0 Å². The number of benzene rings is 1. The van der Waals surface area contributed by atoms with E-state index in [1.165, 1.54) is 6.20 Å². The van der Waals surface area contributed by atoms with Gasteiger partial charge >= 0.3 is 6.18 Å². The zero-order valence-electron chi connectivity index (χ0n) is 8.78. The molecule has 1 heterocycles. The predicted molar refractivity (Wildman–Crippen MR) is 56.3 cm³/mol. The number of hydrogen-bond acceptors (Lipinski definition) is 2. The molecule has 0 saturated heterocycles. The zero-order chi connectivity index (χ0) is 12.3. The first-order valence-electron chi connectivity index (χ1n) is 4.97. The van der Waals surface area contributed by atoms with Gasteiger partial charge in [0.1, 0.15) is 6.33 Å². The van der Waals surface area contributed by atoms with Gasteiger partial charge in [0.15, 0.2) is 5.69 Å². The van der Waals surface area contributed by atoms with E-state index in [4.69, 9.17) is 0 Å². The lowest BCUT2D eigenvalue weighted by Crippen LogP contribution is -2.12. The fourth-order valence-corrected chi connectivity index (χ4v) is 1.56. The highest BCUT2D eigenvalue weighted by Crippen LogP contribution is 2.30. The van der Waals surface area contributed by atoms with Crippen molar-refractivity contribution in [1.82, 2.24) is 9.97 Å². The highest BCUT2D eigenvalue weighted by Gasteiger charge is 2.35. The van der Waals surface area contributed by atoms with E-state index in [1.54, 1.807) is 24.3 Å². The molecule has 88 valence electrons. The minimum Gasteiger partial charge on any atom is -0.244 e. The van der Waals surface area contributed by atoms with Crippen molar-refractivity contribution >= 4 is 0 Å². The fraction of sp³-hybridized carbons (Fsp3) is 0.167. The van der Waals surface area contributed by atoms with Crippen molar-refractivity contribution < 1.29 is 13.2 Å². The lowest BCUT2D eigenvalue weighted by Gasteiger charge is -2.10. The molecule has 0 atom stereocenters. The van der Waals surface area contributed by atoms with Crippen LogP contribution in [0.15, 0.2) is 42.9 Å². The van der Waals surface area contributed by atoms with E-state index in [0.29, 0.717) is 0 Å². The Morgan fingerprint density at radius 1 is 1.06 bits per heavy atom. The van der Waals surface area contributed by atoms with Gasteiger partial charge in [-0.2, -0.15) is 13.2 Å². The summed E-state index contributed by atoms with van der Waals surface area (Å²) in [6.45, 7) is 0. The maximum Gasteiger partial charge on any atom is 0.433 e. The molecule has 0 fully saturated rings. The van der Waals surface area contributed by atoms with E-state index in [0.717, 1.165) is 11.9 Å². The van der Waals surface area contributed by atoms with E-state index < -0.39 is 11.9 Å². The second-order valence-electron chi connectivity index (χ2n) is 3.56. The van der Waals surface area contributed by atoms with E-state index in [9.17, 15) is 13.2 Å². The van der Waals surface area contributed by atoms with Crippen LogP contribution >= 0.6 is 0 Å². The molecule has 0 saturated carbocycles. The Balaban J connectivity index is 2.34. The number of aromatic nitrogens is 2. The minimum atomic E-state index is -4.44. The standard InChI is InChI=1S/C12H9F3N2/c13-12(14,15)11-10(7-16-8-17-11)6-9-4-2-1-3-5-9/h1-5,7-8H,6H2. The van der Waals surface area contributed by atoms with E-state index in [1.807, 2.05) is 6.07 Å². The Kier molecular flexibility index (Phi) is 3.08. The van der Waals surface area contributed by atoms with Crippen LogP contribution in [0.4, 0.5) is 13.2 Å². The van der Waals surface area contributed by atoms with E-state index in [2.05, 4.69) is 9.97 Å². The Bertz CT molecular complexity index is 495. The van der Waals surface area contributed by atoms with Crippen molar-refractivity contribution in [1.29, 1.82) is 0 Å². The van der Waals surface area contributed by atoms with Crippen LogP contribution in [0.25, 0.3) is 0 Å². The average molecular weight is 238 g/mol. The molecule has 0 radical (unpaired) electrons. The van der Waals surface area contributed by atoms with Crippen LogP contribution < -0.4 is 0 Å². The van der Waals surface area contributed by atoms with Crippen LogP contribution in [0, 0.1) is 0 Å². The first-order valence-corrected chi connectivity index (χ1v) is 4.97. The summed E-state index contributed by atoms with van der Waals surface area (Å²) < 4.78 is 38.0. The second kappa shape index (κ2) is 4.53. The molecule has 0 unspecified atom stereocenters. The predicted octanol–water partition coefficient (Wildman–Crippen LogP) is 3.09. The highest BCUT2D eigenvalue weighted by atomic mass is 19.4. The summed E-state index contributed by atoms with van der Waals surface area (Å²) in [5.74, 6) is 0. The molecule has 0 N–H and O–H groups in total. The molecule has 17 heavy (non-hydrogen) atoms. The molecular formula is C12H9F3N2. The van der Waals surface area contributed by atoms with Gasteiger partial charge in [0.25, 0.3) is 0 Å². The third-order valence-electron chi connectivity index (χ3n) is 2.29. The molecule has 5 heteroatoms. The summed E-state index contributed by atoms with van der Waals surface area (Å²) >= 11 is 0. The Morgan fingerprint density at radius 3 is 2.41 bits per heavy atom. The number of halogens is 3. The lowest BCUT2D eigenvalue weighted by molar-refractivity contribution is -0.141. The van der Waals surface area contributed by atoms with Gasteiger partial charge in [-0.1, -0.05) is 30.3 Å². The molecule has 2 aromatic rings. The number of alkyl halides is 3. The van der Waals surface area contributed by atoms with Crippen molar-refractivity contribution in [2.45, 2.75) is 12.6 Å². The molecule has 0 spiro atoms. The molecule has 0 aliphatic carbocycles. The molecule has 0 aliphatic rings. The number of hydrogen-bond donors (Lipinski definition) is 0. The largest absolute Gasteiger partial charge is 0.433 e. The van der Waals surface area contributed by atoms with Crippen molar-refractivity contribution in [2.75, 3.05) is 0 Å². The highest BCUT2D eigenvalue weighted by molar-refractivity contribution is 5.28. The maximum absolute atomic E-state index is 12.7. The first kappa shape index (κ1) is 11.6. The Hall–Kier alpha value is -1.91. The molecular weight excluding hydrogens is 229 g/mol. The van der Waals surface area contributed by atoms with Gasteiger partial charge in [-0.15, -0.1) is 0 Å². The van der Waals surface area contributed by atoms with Crippen LogP contribution in [-0.2, 0) is 12.6 Å². The summed E-state index contributed by atoms with van der Waals surface area (Å²) in [5.41, 5.74) is 0.0235. The van der Waals surface area contributed by atoms with Crippen LogP contribution in [0.5, 0.6) is 0 Å². The van der Waals surface area contributed by atoms with Gasteiger partial charge < -0.3 is 0 Å². The zero-order valence-corrected chi connectivity index (χ0v) is 8.78. The van der Waals surface area contributed by atoms with Gasteiger partial charge in [0, 0.05) is 18.2 Å². The third-order valence-corrected chi connectivity index (χ3v) is 2.29. The summed E-state index contributed by atoms with van der Waals surface area (Å²) in [6, 6.07) is 8.93. The topological polar surface area (TPSA) is 25.8 Å². The molecule has 2 nitrogen and oxygen atoms in total. The van der Waals surface area contributed by atoms with Crippen molar-refractivity contribution in [3.63, 3.8) is 0 Å². The van der Waals surface area contributed by atoms with E-state index >= 15 is 0 Å². The normalized spacial score (nSPS) is 11.5. The third kappa shape index (κ3) is 2.81. The molecule has 1 aromatic heterocycles. The lowest BCUT2D eigenvalue weighted by atomic mass is 10.1. The van der Waals surface area contributed by atoms with Gasteiger partial charge in [-0.3, -0.25) is 0 Å². The molecule has 0 amide bonds. The molecule has 0 bridgehead atoms. The van der Waals surface area contributed by atoms with Crippen LogP contribution in [-0.4, -0.2) is 9.97 Å². The molecule has 0 aliphatic heterocycles. The second-order valence-corrected chi connectivity index (χ2v) is 3.56. The SMILES string of the molecule is FC(F)(F)c1ncncc1Cc1ccccc1. The smallest absolute Gasteiger partial charge is 0.244 e. The Labute approximate surface area is 96.2 Å². The van der Waals surface area contributed by atoms with Crippen molar-refractivity contribution in [3.05, 3.63) is 59.7 Å². The number of nitrogens with zero attached hydrogens (tertiary/aromatic N) is 2. The average Bonchev–Trinajstić information content (AvgIpc) is 2.30. The Morgan fingerprint density at radius 2 is 1.76 bits per heavy atom. The maximum atomic E-state index is 12.7. The van der Waals surface area contributed by atoms with Crippen LogP contribution in [0.1, 0.15) is 16.8 Å². The summed E-state index contributed by atoms with van der Waals surface area (Å²) in [4.78, 5) is 6.95. The van der Waals surface area contributed by atoms with Crippen molar-refractivity contribution in [3.8, 4) is 0 Å². The van der Waals surface area contributed by atoms with Crippen LogP contribution in [0.2, 0.25) is 0 Å². The summed E-state index contributed by atoms with van der Waals surface area (Å²) in [5, 5.41) is 0. The summed E-state index contributed by atoms with van der Waals surface area (Å²) in [7, 11) is 0. The fourth-order valence-electron chi connectivity index (χ4n) is 1.56. The quantitative estimate of drug-likeness (QED) is 0.803. The van der Waals surface area contributed by atoms with Gasteiger partial charge in [-0.25, -0.2) is 9.97 Å². The minimum absolute atomic E-state index is 0.0891. The first-order chi connectivity index (χ1) is 8.07. The van der Waals surface area contributed by atoms with Gasteiger partial charge in [0.2, 0.25) is 0 Å². The van der Waals surface area contributed by atoms with Gasteiger partial charge in [0.05, 0.1) is 0 Å². The summed E-state index contributed by atoms with van der Waals surface area (Å²) in [6.07, 6.45) is -2.14.